The lowest BCUT2D eigenvalue weighted by Crippen LogP contribution is -2.31. The van der Waals surface area contributed by atoms with Gasteiger partial charge >= 0.3 is 6.03 Å². The van der Waals surface area contributed by atoms with E-state index in [1.807, 2.05) is 18.2 Å². The molecule has 2 amide bonds. The van der Waals surface area contributed by atoms with Gasteiger partial charge in [0.25, 0.3) is 0 Å². The van der Waals surface area contributed by atoms with Crippen molar-refractivity contribution in [3.05, 3.63) is 94.8 Å². The van der Waals surface area contributed by atoms with Crippen molar-refractivity contribution in [2.24, 2.45) is 0 Å². The van der Waals surface area contributed by atoms with Gasteiger partial charge in [-0.25, -0.2) is 17.6 Å². The smallest absolute Gasteiger partial charge is 0.319 e. The molecule has 0 aliphatic carbocycles. The second-order valence-corrected chi connectivity index (χ2v) is 9.85. The van der Waals surface area contributed by atoms with E-state index in [2.05, 4.69) is 16.0 Å². The molecule has 0 spiro atoms. The second-order valence-electron chi connectivity index (χ2n) is 7.86. The summed E-state index contributed by atoms with van der Waals surface area (Å²) in [5.41, 5.74) is 4.33. The van der Waals surface area contributed by atoms with E-state index < -0.39 is 15.9 Å². The molecular formula is C24H24FN3O3S. The molecular weight excluding hydrogens is 429 g/mol. The van der Waals surface area contributed by atoms with Crippen molar-refractivity contribution in [2.45, 2.75) is 36.7 Å². The number of benzene rings is 3. The maximum atomic E-state index is 13.0. The molecule has 32 heavy (non-hydrogen) atoms. The van der Waals surface area contributed by atoms with Gasteiger partial charge in [-0.1, -0.05) is 30.3 Å². The number of anilines is 1. The van der Waals surface area contributed by atoms with Crippen LogP contribution in [0.15, 0.2) is 71.6 Å². The molecule has 6 nitrogen and oxygen atoms in total. The Morgan fingerprint density at radius 2 is 1.69 bits per heavy atom. The number of urea groups is 1. The largest absolute Gasteiger partial charge is 0.331 e. The molecule has 1 aliphatic rings. The van der Waals surface area contributed by atoms with E-state index in [1.165, 1.54) is 29.8 Å². The summed E-state index contributed by atoms with van der Waals surface area (Å²) in [5, 5.41) is 8.70. The first-order valence-corrected chi connectivity index (χ1v) is 11.9. The summed E-state index contributed by atoms with van der Waals surface area (Å²) in [6.45, 7) is 3.36. The van der Waals surface area contributed by atoms with E-state index >= 15 is 0 Å². The van der Waals surface area contributed by atoms with Gasteiger partial charge in [-0.15, -0.1) is 0 Å². The van der Waals surface area contributed by atoms with Crippen molar-refractivity contribution in [3.8, 4) is 0 Å². The van der Waals surface area contributed by atoms with Crippen LogP contribution in [-0.4, -0.2) is 14.4 Å². The highest BCUT2D eigenvalue weighted by Gasteiger charge is 2.18. The van der Waals surface area contributed by atoms with E-state index in [-0.39, 0.29) is 22.5 Å². The molecule has 8 heteroatoms. The molecule has 0 radical (unpaired) electrons. The van der Waals surface area contributed by atoms with Gasteiger partial charge in [0.2, 0.25) is 0 Å². The molecule has 0 aromatic heterocycles. The number of carbonyl (C=O) groups excluding carboxylic acids is 1. The Labute approximate surface area is 186 Å². The Morgan fingerprint density at radius 3 is 2.41 bits per heavy atom. The number of halogens is 1. The number of fused-ring (bicyclic) bond motifs is 1. The molecule has 1 aliphatic heterocycles. The number of hydrogen-bond acceptors (Lipinski definition) is 4. The summed E-state index contributed by atoms with van der Waals surface area (Å²) in [7, 11) is -3.51. The highest BCUT2D eigenvalue weighted by atomic mass is 32.2. The lowest BCUT2D eigenvalue weighted by molar-refractivity contribution is 0.249. The van der Waals surface area contributed by atoms with E-state index in [4.69, 9.17) is 0 Å². The summed E-state index contributed by atoms with van der Waals surface area (Å²) in [6, 6.07) is 17.0. The van der Waals surface area contributed by atoms with Crippen molar-refractivity contribution < 1.29 is 17.6 Å². The fourth-order valence-electron chi connectivity index (χ4n) is 3.68. The van der Waals surface area contributed by atoms with Gasteiger partial charge in [-0.05, 0) is 65.6 Å². The Bertz CT molecular complexity index is 1230. The van der Waals surface area contributed by atoms with Crippen LogP contribution >= 0.6 is 0 Å². The average molecular weight is 454 g/mol. The first-order valence-electron chi connectivity index (χ1n) is 10.3. The van der Waals surface area contributed by atoms with Crippen LogP contribution in [0.3, 0.4) is 0 Å². The van der Waals surface area contributed by atoms with Gasteiger partial charge in [0, 0.05) is 18.8 Å². The summed E-state index contributed by atoms with van der Waals surface area (Å²) in [4.78, 5) is 12.5. The quantitative estimate of drug-likeness (QED) is 0.520. The topological polar surface area (TPSA) is 87.3 Å². The van der Waals surface area contributed by atoms with E-state index in [9.17, 15) is 17.6 Å². The molecule has 0 bridgehead atoms. The maximum absolute atomic E-state index is 13.0. The van der Waals surface area contributed by atoms with Crippen LogP contribution in [0.4, 0.5) is 14.9 Å². The fourth-order valence-corrected chi connectivity index (χ4v) is 5.02. The zero-order valence-electron chi connectivity index (χ0n) is 17.6. The van der Waals surface area contributed by atoms with Crippen LogP contribution in [-0.2, 0) is 28.7 Å². The molecule has 0 saturated carbocycles. The Hall–Kier alpha value is -3.23. The number of amides is 2. The van der Waals surface area contributed by atoms with Gasteiger partial charge < -0.3 is 16.0 Å². The molecule has 3 N–H and O–H groups in total. The standard InChI is InChI=1S/C24H24FN3O3S/c1-16(18-4-6-21(25)7-5-18)27-24(29)28-22-8-10-23(11-9-22)32(30,31)15-17-2-3-19-13-26-14-20(19)12-17/h2-12,16,26H,13-15H2,1H3,(H2,27,28,29). The van der Waals surface area contributed by atoms with Crippen LogP contribution in [0.1, 0.15) is 35.2 Å². The van der Waals surface area contributed by atoms with Gasteiger partial charge in [-0.2, -0.15) is 0 Å². The van der Waals surface area contributed by atoms with E-state index in [1.54, 1.807) is 31.2 Å². The first kappa shape index (κ1) is 22.0. The van der Waals surface area contributed by atoms with E-state index in [0.29, 0.717) is 5.69 Å². The van der Waals surface area contributed by atoms with Gasteiger partial charge in [0.15, 0.2) is 9.84 Å². The molecule has 1 heterocycles. The highest BCUT2D eigenvalue weighted by molar-refractivity contribution is 7.90. The number of rotatable bonds is 6. The Balaban J connectivity index is 1.37. The molecule has 1 unspecified atom stereocenters. The SMILES string of the molecule is CC(NC(=O)Nc1ccc(S(=O)(=O)Cc2ccc3c(c2)CNC3)cc1)c1ccc(F)cc1. The van der Waals surface area contributed by atoms with Gasteiger partial charge in [-0.3, -0.25) is 0 Å². The fraction of sp³-hybridized carbons (Fsp3) is 0.208. The summed E-state index contributed by atoms with van der Waals surface area (Å²) in [6.07, 6.45) is 0. The molecule has 0 fully saturated rings. The number of carbonyl (C=O) groups is 1. The van der Waals surface area contributed by atoms with E-state index in [0.717, 1.165) is 29.8 Å². The van der Waals surface area contributed by atoms with Crippen molar-refractivity contribution >= 4 is 21.6 Å². The lowest BCUT2D eigenvalue weighted by atomic mass is 10.1. The lowest BCUT2D eigenvalue weighted by Gasteiger charge is -2.15. The molecule has 4 rings (SSSR count). The monoisotopic (exact) mass is 453 g/mol. The Morgan fingerprint density at radius 1 is 1.00 bits per heavy atom. The minimum Gasteiger partial charge on any atom is -0.331 e. The third kappa shape index (κ3) is 5.15. The van der Waals surface area contributed by atoms with Crippen LogP contribution < -0.4 is 16.0 Å². The normalized spacial score (nSPS) is 13.9. The van der Waals surface area contributed by atoms with Crippen molar-refractivity contribution in [1.82, 2.24) is 10.6 Å². The molecule has 3 aromatic rings. The number of sulfone groups is 1. The average Bonchev–Trinajstić information content (AvgIpc) is 3.22. The second kappa shape index (κ2) is 9.10. The van der Waals surface area contributed by atoms with Crippen LogP contribution in [0.25, 0.3) is 0 Å². The van der Waals surface area contributed by atoms with Gasteiger partial charge in [0.05, 0.1) is 16.7 Å². The predicted octanol–water partition coefficient (Wildman–Crippen LogP) is 4.29. The molecule has 0 saturated heterocycles. The van der Waals surface area contributed by atoms with Gasteiger partial charge in [0.1, 0.15) is 5.82 Å². The van der Waals surface area contributed by atoms with Crippen molar-refractivity contribution in [3.63, 3.8) is 0 Å². The summed E-state index contributed by atoms with van der Waals surface area (Å²) < 4.78 is 38.7. The molecule has 3 aromatic carbocycles. The van der Waals surface area contributed by atoms with Crippen molar-refractivity contribution in [1.29, 1.82) is 0 Å². The molecule has 166 valence electrons. The Kier molecular flexibility index (Phi) is 6.25. The van der Waals surface area contributed by atoms with Crippen molar-refractivity contribution in [2.75, 3.05) is 5.32 Å². The third-order valence-corrected chi connectivity index (χ3v) is 7.15. The highest BCUT2D eigenvalue weighted by Crippen LogP contribution is 2.22. The zero-order valence-corrected chi connectivity index (χ0v) is 18.4. The minimum atomic E-state index is -3.51. The first-order chi connectivity index (χ1) is 15.3. The number of nitrogens with one attached hydrogen (secondary N) is 3. The summed E-state index contributed by atoms with van der Waals surface area (Å²) >= 11 is 0. The van der Waals surface area contributed by atoms with Crippen LogP contribution in [0.5, 0.6) is 0 Å². The number of hydrogen-bond donors (Lipinski definition) is 3. The zero-order chi connectivity index (χ0) is 22.7. The van der Waals surface area contributed by atoms with Crippen LogP contribution in [0, 0.1) is 5.82 Å². The minimum absolute atomic E-state index is 0.0806. The predicted molar refractivity (Wildman–Crippen MR) is 121 cm³/mol. The maximum Gasteiger partial charge on any atom is 0.319 e. The molecule has 1 atom stereocenters. The third-order valence-electron chi connectivity index (χ3n) is 5.45. The summed E-state index contributed by atoms with van der Waals surface area (Å²) in [5.74, 6) is -0.420. The van der Waals surface area contributed by atoms with Crippen LogP contribution in [0.2, 0.25) is 0 Å².